The minimum absolute atomic E-state index is 0.0471. The number of hydrogen-bond donors (Lipinski definition) is 2. The van der Waals surface area contributed by atoms with Gasteiger partial charge in [-0.25, -0.2) is 4.79 Å². The number of nitrogens with one attached hydrogen (secondary N) is 2. The van der Waals surface area contributed by atoms with Crippen LogP contribution in [0.3, 0.4) is 0 Å². The van der Waals surface area contributed by atoms with E-state index < -0.39 is 23.0 Å². The summed E-state index contributed by atoms with van der Waals surface area (Å²) in [5.41, 5.74) is -2.36. The maximum Gasteiger partial charge on any atom is 0.416 e. The van der Waals surface area contributed by atoms with Crippen LogP contribution in [0.5, 0.6) is 0 Å². The summed E-state index contributed by atoms with van der Waals surface area (Å²) < 4.78 is 38.9. The van der Waals surface area contributed by atoms with Gasteiger partial charge < -0.3 is 10.3 Å². The SMILES string of the molecule is CNC(C)Cn1c(=O)[nH]c2cc(C(F)(F)F)ccc2c1=O. The van der Waals surface area contributed by atoms with Gasteiger partial charge in [-0.3, -0.25) is 9.36 Å². The van der Waals surface area contributed by atoms with Crippen molar-refractivity contribution in [3.8, 4) is 0 Å². The van der Waals surface area contributed by atoms with Crippen LogP contribution < -0.4 is 16.6 Å². The summed E-state index contributed by atoms with van der Waals surface area (Å²) in [4.78, 5) is 26.4. The lowest BCUT2D eigenvalue weighted by Gasteiger charge is -2.13. The number of aromatic nitrogens is 2. The number of H-pyrrole nitrogens is 1. The van der Waals surface area contributed by atoms with E-state index in [9.17, 15) is 22.8 Å². The minimum atomic E-state index is -4.53. The van der Waals surface area contributed by atoms with Crippen molar-refractivity contribution >= 4 is 10.9 Å². The van der Waals surface area contributed by atoms with Crippen LogP contribution in [0.25, 0.3) is 10.9 Å². The molecule has 0 amide bonds. The molecule has 0 radical (unpaired) electrons. The lowest BCUT2D eigenvalue weighted by Crippen LogP contribution is -2.40. The molecule has 1 unspecified atom stereocenters. The third-order valence-corrected chi connectivity index (χ3v) is 3.26. The lowest BCUT2D eigenvalue weighted by atomic mass is 10.1. The number of rotatable bonds is 3. The van der Waals surface area contributed by atoms with E-state index in [-0.39, 0.29) is 23.5 Å². The van der Waals surface area contributed by atoms with Gasteiger partial charge in [0.15, 0.2) is 0 Å². The zero-order chi connectivity index (χ0) is 15.8. The Balaban J connectivity index is 2.64. The molecule has 0 spiro atoms. The van der Waals surface area contributed by atoms with Crippen LogP contribution in [0.4, 0.5) is 13.2 Å². The van der Waals surface area contributed by atoms with Gasteiger partial charge in [0.2, 0.25) is 0 Å². The summed E-state index contributed by atoms with van der Waals surface area (Å²) in [6, 6.07) is 2.55. The molecular formula is C13H14F3N3O2. The first kappa shape index (κ1) is 15.3. The molecule has 114 valence electrons. The van der Waals surface area contributed by atoms with Crippen molar-refractivity contribution in [1.82, 2.24) is 14.9 Å². The van der Waals surface area contributed by atoms with Crippen molar-refractivity contribution in [3.05, 3.63) is 44.6 Å². The van der Waals surface area contributed by atoms with E-state index in [0.717, 1.165) is 22.8 Å². The summed E-state index contributed by atoms with van der Waals surface area (Å²) in [7, 11) is 1.68. The van der Waals surface area contributed by atoms with Crippen LogP contribution in [0.1, 0.15) is 12.5 Å². The van der Waals surface area contributed by atoms with Crippen LogP contribution in [0, 0.1) is 0 Å². The maximum absolute atomic E-state index is 12.6. The number of halogens is 3. The van der Waals surface area contributed by atoms with Gasteiger partial charge in [0.1, 0.15) is 0 Å². The first-order valence-corrected chi connectivity index (χ1v) is 6.25. The summed E-state index contributed by atoms with van der Waals surface area (Å²) in [6.45, 7) is 1.91. The second kappa shape index (κ2) is 5.36. The van der Waals surface area contributed by atoms with Gasteiger partial charge in [-0.2, -0.15) is 13.2 Å². The normalized spacial score (nSPS) is 13.6. The number of likely N-dealkylation sites (N-methyl/N-ethyl adjacent to an activating group) is 1. The average molecular weight is 301 g/mol. The molecule has 1 aromatic heterocycles. The standard InChI is InChI=1S/C13H14F3N3O2/c1-7(17-2)6-19-11(20)9-4-3-8(13(14,15)16)5-10(9)18-12(19)21/h3-5,7,17H,6H2,1-2H3,(H,18,21). The average Bonchev–Trinajstić information content (AvgIpc) is 2.41. The predicted octanol–water partition coefficient (Wildman–Crippen LogP) is 1.32. The molecule has 0 saturated carbocycles. The van der Waals surface area contributed by atoms with Gasteiger partial charge in [-0.05, 0) is 32.2 Å². The van der Waals surface area contributed by atoms with Gasteiger partial charge >= 0.3 is 11.9 Å². The Morgan fingerprint density at radius 1 is 1.33 bits per heavy atom. The van der Waals surface area contributed by atoms with Crippen molar-refractivity contribution in [1.29, 1.82) is 0 Å². The van der Waals surface area contributed by atoms with E-state index in [0.29, 0.717) is 0 Å². The highest BCUT2D eigenvalue weighted by Crippen LogP contribution is 2.30. The van der Waals surface area contributed by atoms with Crippen LogP contribution in [-0.4, -0.2) is 22.6 Å². The van der Waals surface area contributed by atoms with Gasteiger partial charge in [-0.15, -0.1) is 0 Å². The smallest absolute Gasteiger partial charge is 0.315 e. The lowest BCUT2D eigenvalue weighted by molar-refractivity contribution is -0.137. The number of fused-ring (bicyclic) bond motifs is 1. The molecular weight excluding hydrogens is 287 g/mol. The Labute approximate surface area is 117 Å². The molecule has 5 nitrogen and oxygen atoms in total. The van der Waals surface area contributed by atoms with Crippen LogP contribution in [-0.2, 0) is 12.7 Å². The van der Waals surface area contributed by atoms with E-state index in [1.165, 1.54) is 0 Å². The van der Waals surface area contributed by atoms with E-state index in [1.807, 2.05) is 0 Å². The molecule has 2 rings (SSSR count). The molecule has 0 bridgehead atoms. The molecule has 21 heavy (non-hydrogen) atoms. The summed E-state index contributed by atoms with van der Waals surface area (Å²) in [6.07, 6.45) is -4.53. The highest BCUT2D eigenvalue weighted by atomic mass is 19.4. The Morgan fingerprint density at radius 2 is 2.00 bits per heavy atom. The molecule has 0 saturated heterocycles. The van der Waals surface area contributed by atoms with Crippen molar-refractivity contribution in [2.75, 3.05) is 7.05 Å². The highest BCUT2D eigenvalue weighted by molar-refractivity contribution is 5.78. The van der Waals surface area contributed by atoms with Gasteiger partial charge in [0, 0.05) is 12.6 Å². The van der Waals surface area contributed by atoms with Gasteiger partial charge in [0.05, 0.1) is 16.5 Å². The maximum atomic E-state index is 12.6. The quantitative estimate of drug-likeness (QED) is 0.898. The zero-order valence-corrected chi connectivity index (χ0v) is 11.4. The van der Waals surface area contributed by atoms with E-state index in [1.54, 1.807) is 14.0 Å². The second-order valence-corrected chi connectivity index (χ2v) is 4.79. The minimum Gasteiger partial charge on any atom is -0.315 e. The van der Waals surface area contributed by atoms with Gasteiger partial charge in [0.25, 0.3) is 5.56 Å². The Hall–Kier alpha value is -2.09. The largest absolute Gasteiger partial charge is 0.416 e. The number of alkyl halides is 3. The molecule has 0 aliphatic heterocycles. The number of benzene rings is 1. The number of nitrogens with zero attached hydrogens (tertiary/aromatic N) is 1. The Bertz CT molecular complexity index is 777. The molecule has 8 heteroatoms. The molecule has 1 aromatic carbocycles. The zero-order valence-electron chi connectivity index (χ0n) is 11.4. The molecule has 2 aromatic rings. The van der Waals surface area contributed by atoms with Crippen LogP contribution in [0.2, 0.25) is 0 Å². The second-order valence-electron chi connectivity index (χ2n) is 4.79. The first-order valence-electron chi connectivity index (χ1n) is 6.25. The molecule has 0 aliphatic rings. The third-order valence-electron chi connectivity index (χ3n) is 3.26. The van der Waals surface area contributed by atoms with E-state index in [2.05, 4.69) is 10.3 Å². The fraction of sp³-hybridized carbons (Fsp3) is 0.385. The summed E-state index contributed by atoms with van der Waals surface area (Å²) in [5, 5.41) is 2.93. The van der Waals surface area contributed by atoms with E-state index in [4.69, 9.17) is 0 Å². The van der Waals surface area contributed by atoms with E-state index >= 15 is 0 Å². The molecule has 0 fully saturated rings. The van der Waals surface area contributed by atoms with Crippen molar-refractivity contribution in [2.24, 2.45) is 0 Å². The first-order chi connectivity index (χ1) is 9.74. The summed E-state index contributed by atoms with van der Waals surface area (Å²) in [5.74, 6) is 0. The highest BCUT2D eigenvalue weighted by Gasteiger charge is 2.30. The molecule has 2 N–H and O–H groups in total. The van der Waals surface area contributed by atoms with Crippen LogP contribution in [0.15, 0.2) is 27.8 Å². The Morgan fingerprint density at radius 3 is 2.57 bits per heavy atom. The number of hydrogen-bond acceptors (Lipinski definition) is 3. The Kier molecular flexibility index (Phi) is 3.91. The van der Waals surface area contributed by atoms with Crippen LogP contribution >= 0.6 is 0 Å². The fourth-order valence-electron chi connectivity index (χ4n) is 1.96. The van der Waals surface area contributed by atoms with Crippen molar-refractivity contribution in [2.45, 2.75) is 25.7 Å². The van der Waals surface area contributed by atoms with Gasteiger partial charge in [-0.1, -0.05) is 0 Å². The van der Waals surface area contributed by atoms with Crippen molar-refractivity contribution < 1.29 is 13.2 Å². The fourth-order valence-corrected chi connectivity index (χ4v) is 1.96. The monoisotopic (exact) mass is 301 g/mol. The summed E-state index contributed by atoms with van der Waals surface area (Å²) >= 11 is 0. The predicted molar refractivity (Wildman–Crippen MR) is 72.4 cm³/mol. The third kappa shape index (κ3) is 2.99. The topological polar surface area (TPSA) is 66.9 Å². The molecule has 1 heterocycles. The van der Waals surface area contributed by atoms with Crippen molar-refractivity contribution in [3.63, 3.8) is 0 Å². The molecule has 1 atom stereocenters. The number of aromatic amines is 1. The molecule has 0 aliphatic carbocycles.